The van der Waals surface area contributed by atoms with E-state index >= 15 is 0 Å². The Morgan fingerprint density at radius 2 is 1.90 bits per heavy atom. The van der Waals surface area contributed by atoms with Crippen molar-refractivity contribution < 1.29 is 14.3 Å². The van der Waals surface area contributed by atoms with Crippen LogP contribution in [0, 0.1) is 0 Å². The molecule has 1 rings (SSSR count). The summed E-state index contributed by atoms with van der Waals surface area (Å²) in [5.41, 5.74) is 3.22. The Hall–Kier alpha value is -2.03. The molecule has 0 atom stereocenters. The van der Waals surface area contributed by atoms with Crippen molar-refractivity contribution in [2.75, 3.05) is 13.7 Å². The first-order chi connectivity index (χ1) is 10.1. The first-order valence-electron chi connectivity index (χ1n) is 7.11. The highest BCUT2D eigenvalue weighted by atomic mass is 16.5. The van der Waals surface area contributed by atoms with E-state index in [1.807, 2.05) is 0 Å². The van der Waals surface area contributed by atoms with Gasteiger partial charge in [0.15, 0.2) is 11.5 Å². The number of benzene rings is 1. The van der Waals surface area contributed by atoms with Crippen LogP contribution >= 0.6 is 0 Å². The van der Waals surface area contributed by atoms with Gasteiger partial charge in [0, 0.05) is 5.56 Å². The summed E-state index contributed by atoms with van der Waals surface area (Å²) in [4.78, 5) is 10.7. The van der Waals surface area contributed by atoms with E-state index in [4.69, 9.17) is 9.47 Å². The Labute approximate surface area is 127 Å². The highest BCUT2D eigenvalue weighted by molar-refractivity contribution is 5.76. The van der Waals surface area contributed by atoms with E-state index in [0.717, 1.165) is 19.1 Å². The van der Waals surface area contributed by atoms with Crippen LogP contribution in [0.2, 0.25) is 0 Å². The molecule has 0 radical (unpaired) electrons. The predicted molar refractivity (Wildman–Crippen MR) is 86.3 cm³/mol. The van der Waals surface area contributed by atoms with E-state index in [-0.39, 0.29) is 0 Å². The Bertz CT molecular complexity index is 523. The predicted octanol–water partition coefficient (Wildman–Crippen LogP) is 4.58. The van der Waals surface area contributed by atoms with Crippen molar-refractivity contribution >= 4 is 6.29 Å². The minimum absolute atomic E-state index is 0.497. The molecule has 0 spiro atoms. The summed E-state index contributed by atoms with van der Waals surface area (Å²) in [6, 6.07) is 5.15. The number of rotatable bonds is 8. The number of carbonyl (C=O) groups is 1. The number of hydrogen-bond donors (Lipinski definition) is 0. The molecule has 0 N–H and O–H groups in total. The summed E-state index contributed by atoms with van der Waals surface area (Å²) < 4.78 is 10.9. The van der Waals surface area contributed by atoms with Gasteiger partial charge in [-0.2, -0.15) is 0 Å². The van der Waals surface area contributed by atoms with Crippen LogP contribution in [0.25, 0.3) is 0 Å². The van der Waals surface area contributed by atoms with Gasteiger partial charge in [0.2, 0.25) is 0 Å². The second kappa shape index (κ2) is 9.01. The Morgan fingerprint density at radius 1 is 1.14 bits per heavy atom. The second-order valence-electron chi connectivity index (χ2n) is 5.21. The van der Waals surface area contributed by atoms with Crippen molar-refractivity contribution in [1.29, 1.82) is 0 Å². The molecule has 3 nitrogen and oxygen atoms in total. The molecule has 0 saturated carbocycles. The number of aldehydes is 1. The third-order valence-corrected chi connectivity index (χ3v) is 3.09. The number of methoxy groups -OCH3 is 1. The Kier molecular flexibility index (Phi) is 7.30. The molecule has 0 unspecified atom stereocenters. The molecule has 0 heterocycles. The average Bonchev–Trinajstić information content (AvgIpc) is 2.47. The molecule has 1 aromatic carbocycles. The summed E-state index contributed by atoms with van der Waals surface area (Å²) in [6.45, 7) is 6.82. The molecule has 21 heavy (non-hydrogen) atoms. The molecule has 0 amide bonds. The number of ether oxygens (including phenoxy) is 2. The Morgan fingerprint density at radius 3 is 2.52 bits per heavy atom. The van der Waals surface area contributed by atoms with Crippen molar-refractivity contribution in [1.82, 2.24) is 0 Å². The Balaban J connectivity index is 2.55. The molecule has 0 bridgehead atoms. The van der Waals surface area contributed by atoms with Gasteiger partial charge in [-0.05, 0) is 57.9 Å². The molecule has 1 aromatic rings. The maximum Gasteiger partial charge on any atom is 0.161 e. The zero-order valence-corrected chi connectivity index (χ0v) is 13.3. The minimum Gasteiger partial charge on any atom is -0.493 e. The van der Waals surface area contributed by atoms with Crippen LogP contribution in [0.5, 0.6) is 11.5 Å². The fraction of sp³-hybridized carbons (Fsp3) is 0.389. The van der Waals surface area contributed by atoms with Gasteiger partial charge in [-0.25, -0.2) is 0 Å². The van der Waals surface area contributed by atoms with E-state index in [1.54, 1.807) is 25.3 Å². The molecule has 0 aromatic heterocycles. The first kappa shape index (κ1) is 17.0. The minimum atomic E-state index is 0.497. The fourth-order valence-electron chi connectivity index (χ4n) is 1.84. The van der Waals surface area contributed by atoms with Gasteiger partial charge in [-0.3, -0.25) is 4.79 Å². The van der Waals surface area contributed by atoms with E-state index in [9.17, 15) is 4.79 Å². The zero-order chi connectivity index (χ0) is 15.7. The molecule has 114 valence electrons. The summed E-state index contributed by atoms with van der Waals surface area (Å²) in [5, 5.41) is 0. The number of hydrogen-bond acceptors (Lipinski definition) is 3. The molecular weight excluding hydrogens is 264 g/mol. The monoisotopic (exact) mass is 288 g/mol. The summed E-state index contributed by atoms with van der Waals surface area (Å²) in [5.74, 6) is 1.23. The van der Waals surface area contributed by atoms with Gasteiger partial charge < -0.3 is 9.47 Å². The maximum absolute atomic E-state index is 10.7. The van der Waals surface area contributed by atoms with Crippen LogP contribution in [0.1, 0.15) is 44.0 Å². The standard InChI is InChI=1S/C18H24O3/c1-14(2)6-5-7-15(3)10-11-21-17-9-8-16(13-19)12-18(17)20-4/h6,8-10,12-13H,5,7,11H2,1-4H3/b15-10+. The largest absolute Gasteiger partial charge is 0.493 e. The lowest BCUT2D eigenvalue weighted by Crippen LogP contribution is -1.98. The van der Waals surface area contributed by atoms with Crippen LogP contribution in [0.3, 0.4) is 0 Å². The molecule has 0 aliphatic rings. The summed E-state index contributed by atoms with van der Waals surface area (Å²) in [6.07, 6.45) is 7.20. The molecular formula is C18H24O3. The molecule has 0 saturated heterocycles. The highest BCUT2D eigenvalue weighted by Crippen LogP contribution is 2.27. The van der Waals surface area contributed by atoms with Crippen molar-refractivity contribution in [3.05, 3.63) is 47.1 Å². The molecule has 0 fully saturated rings. The third-order valence-electron chi connectivity index (χ3n) is 3.09. The van der Waals surface area contributed by atoms with Gasteiger partial charge in [-0.15, -0.1) is 0 Å². The maximum atomic E-state index is 10.7. The smallest absolute Gasteiger partial charge is 0.161 e. The van der Waals surface area contributed by atoms with Crippen LogP contribution < -0.4 is 9.47 Å². The van der Waals surface area contributed by atoms with Crippen molar-refractivity contribution in [3.63, 3.8) is 0 Å². The van der Waals surface area contributed by atoms with Gasteiger partial charge in [0.1, 0.15) is 12.9 Å². The highest BCUT2D eigenvalue weighted by Gasteiger charge is 2.04. The quantitative estimate of drug-likeness (QED) is 0.519. The van der Waals surface area contributed by atoms with Gasteiger partial charge in [0.25, 0.3) is 0 Å². The van der Waals surface area contributed by atoms with Gasteiger partial charge >= 0.3 is 0 Å². The van der Waals surface area contributed by atoms with Crippen LogP contribution in [-0.4, -0.2) is 20.0 Å². The van der Waals surface area contributed by atoms with Crippen LogP contribution in [0.4, 0.5) is 0 Å². The van der Waals surface area contributed by atoms with Gasteiger partial charge in [0.05, 0.1) is 7.11 Å². The normalized spacial score (nSPS) is 11.0. The lowest BCUT2D eigenvalue weighted by atomic mass is 10.1. The van der Waals surface area contributed by atoms with Crippen molar-refractivity contribution in [3.8, 4) is 11.5 Å². The van der Waals surface area contributed by atoms with Gasteiger partial charge in [-0.1, -0.05) is 17.2 Å². The van der Waals surface area contributed by atoms with Crippen molar-refractivity contribution in [2.45, 2.75) is 33.6 Å². The first-order valence-corrected chi connectivity index (χ1v) is 7.11. The second-order valence-corrected chi connectivity index (χ2v) is 5.21. The van der Waals surface area contributed by atoms with E-state index in [1.165, 1.54) is 11.1 Å². The summed E-state index contributed by atoms with van der Waals surface area (Å²) in [7, 11) is 1.57. The SMILES string of the molecule is COc1cc(C=O)ccc1OC/C=C(\C)CCC=C(C)C. The van der Waals surface area contributed by atoms with E-state index in [0.29, 0.717) is 23.7 Å². The van der Waals surface area contributed by atoms with E-state index < -0.39 is 0 Å². The zero-order valence-electron chi connectivity index (χ0n) is 13.3. The number of allylic oxidation sites excluding steroid dienone is 3. The third kappa shape index (κ3) is 6.30. The molecule has 0 aliphatic carbocycles. The lowest BCUT2D eigenvalue weighted by Gasteiger charge is -2.10. The number of carbonyl (C=O) groups excluding carboxylic acids is 1. The van der Waals surface area contributed by atoms with Crippen LogP contribution in [-0.2, 0) is 0 Å². The molecule has 3 heteroatoms. The van der Waals surface area contributed by atoms with E-state index in [2.05, 4.69) is 32.9 Å². The fourth-order valence-corrected chi connectivity index (χ4v) is 1.84. The molecule has 0 aliphatic heterocycles. The summed E-state index contributed by atoms with van der Waals surface area (Å²) >= 11 is 0. The average molecular weight is 288 g/mol. The van der Waals surface area contributed by atoms with Crippen LogP contribution in [0.15, 0.2) is 41.5 Å². The topological polar surface area (TPSA) is 35.5 Å². The lowest BCUT2D eigenvalue weighted by molar-refractivity contribution is 0.112. The van der Waals surface area contributed by atoms with Crippen molar-refractivity contribution in [2.24, 2.45) is 0 Å².